The number of aryl methyl sites for hydroxylation is 1. The maximum atomic E-state index is 13.0. The van der Waals surface area contributed by atoms with Crippen LogP contribution in [0.5, 0.6) is 0 Å². The van der Waals surface area contributed by atoms with E-state index in [1.807, 2.05) is 0 Å². The highest BCUT2D eigenvalue weighted by Crippen LogP contribution is 2.14. The topological polar surface area (TPSA) is 26.3 Å². The van der Waals surface area contributed by atoms with Crippen LogP contribution in [0.15, 0.2) is 12.1 Å². The van der Waals surface area contributed by atoms with E-state index < -0.39 is 17.6 Å². The minimum atomic E-state index is -0.878. The molecule has 0 heterocycles. The average Bonchev–Trinajstić information content (AvgIpc) is 2.10. The van der Waals surface area contributed by atoms with Crippen molar-refractivity contribution in [3.63, 3.8) is 0 Å². The summed E-state index contributed by atoms with van der Waals surface area (Å²) in [6.45, 7) is 1.42. The Hall–Kier alpha value is -1.45. The number of rotatable bonds is 1. The molecule has 70 valence electrons. The summed E-state index contributed by atoms with van der Waals surface area (Å²) in [4.78, 5) is 10.9. The molecule has 0 bridgehead atoms. The van der Waals surface area contributed by atoms with E-state index in [1.54, 1.807) is 0 Å². The van der Waals surface area contributed by atoms with Crippen molar-refractivity contribution in [2.24, 2.45) is 0 Å². The monoisotopic (exact) mass is 186 g/mol. The van der Waals surface area contributed by atoms with Gasteiger partial charge in [0.05, 0.1) is 12.7 Å². The van der Waals surface area contributed by atoms with E-state index in [0.717, 1.165) is 19.2 Å². The van der Waals surface area contributed by atoms with Gasteiger partial charge in [-0.3, -0.25) is 0 Å². The van der Waals surface area contributed by atoms with Crippen molar-refractivity contribution in [1.82, 2.24) is 0 Å². The third-order valence-electron chi connectivity index (χ3n) is 1.65. The maximum Gasteiger partial charge on any atom is 0.340 e. The zero-order valence-electron chi connectivity index (χ0n) is 7.23. The van der Waals surface area contributed by atoms with Gasteiger partial charge in [0.15, 0.2) is 0 Å². The highest BCUT2D eigenvalue weighted by Gasteiger charge is 2.14. The second kappa shape index (κ2) is 3.51. The van der Waals surface area contributed by atoms with E-state index in [2.05, 4.69) is 4.74 Å². The van der Waals surface area contributed by atoms with Gasteiger partial charge in [-0.05, 0) is 24.6 Å². The van der Waals surface area contributed by atoms with E-state index in [9.17, 15) is 13.6 Å². The molecule has 2 nitrogen and oxygen atoms in total. The van der Waals surface area contributed by atoms with Gasteiger partial charge in [0.2, 0.25) is 0 Å². The van der Waals surface area contributed by atoms with Gasteiger partial charge in [-0.2, -0.15) is 0 Å². The van der Waals surface area contributed by atoms with Crippen LogP contribution in [0, 0.1) is 18.6 Å². The van der Waals surface area contributed by atoms with Crippen LogP contribution in [-0.4, -0.2) is 13.1 Å². The number of carbonyl (C=O) groups excluding carboxylic acids is 1. The summed E-state index contributed by atoms with van der Waals surface area (Å²) in [6.07, 6.45) is 0. The van der Waals surface area contributed by atoms with Crippen LogP contribution in [-0.2, 0) is 4.74 Å². The van der Waals surface area contributed by atoms with Crippen LogP contribution in [0.25, 0.3) is 0 Å². The average molecular weight is 186 g/mol. The molecule has 0 radical (unpaired) electrons. The molecule has 0 aliphatic heterocycles. The van der Waals surface area contributed by atoms with Crippen molar-refractivity contribution in [3.05, 3.63) is 34.9 Å². The molecule has 0 aromatic heterocycles. The third-order valence-corrected chi connectivity index (χ3v) is 1.65. The maximum absolute atomic E-state index is 13.0. The van der Waals surface area contributed by atoms with E-state index in [-0.39, 0.29) is 11.1 Å². The molecule has 0 N–H and O–H groups in total. The van der Waals surface area contributed by atoms with Gasteiger partial charge in [-0.1, -0.05) is 0 Å². The molecule has 13 heavy (non-hydrogen) atoms. The Morgan fingerprint density at radius 2 is 1.92 bits per heavy atom. The first-order valence-electron chi connectivity index (χ1n) is 3.60. The van der Waals surface area contributed by atoms with Gasteiger partial charge >= 0.3 is 5.97 Å². The van der Waals surface area contributed by atoms with E-state index in [0.29, 0.717) is 0 Å². The van der Waals surface area contributed by atoms with Crippen molar-refractivity contribution >= 4 is 5.97 Å². The first-order valence-corrected chi connectivity index (χ1v) is 3.60. The number of esters is 1. The molecule has 0 aliphatic carbocycles. The highest BCUT2D eigenvalue weighted by molar-refractivity contribution is 5.89. The first kappa shape index (κ1) is 9.64. The zero-order chi connectivity index (χ0) is 10.0. The summed E-state index contributed by atoms with van der Waals surface area (Å²) in [5.41, 5.74) is -0.226. The smallest absolute Gasteiger partial charge is 0.340 e. The van der Waals surface area contributed by atoms with Gasteiger partial charge in [-0.25, -0.2) is 13.6 Å². The Labute approximate surface area is 74.1 Å². The molecule has 1 rings (SSSR count). The summed E-state index contributed by atoms with van der Waals surface area (Å²) >= 11 is 0. The van der Waals surface area contributed by atoms with Crippen LogP contribution >= 0.6 is 0 Å². The Kier molecular flexibility index (Phi) is 2.60. The lowest BCUT2D eigenvalue weighted by Gasteiger charge is -2.02. The molecule has 1 aromatic rings. The number of hydrogen-bond donors (Lipinski definition) is 0. The first-order chi connectivity index (χ1) is 6.06. The number of carbonyl (C=O) groups is 1. The van der Waals surface area contributed by atoms with E-state index in [1.165, 1.54) is 6.92 Å². The summed E-state index contributed by atoms with van der Waals surface area (Å²) in [5, 5.41) is 0. The van der Waals surface area contributed by atoms with Crippen molar-refractivity contribution in [2.75, 3.05) is 7.11 Å². The Morgan fingerprint density at radius 3 is 2.46 bits per heavy atom. The van der Waals surface area contributed by atoms with Crippen molar-refractivity contribution in [3.8, 4) is 0 Å². The molecule has 1 aromatic carbocycles. The molecule has 0 saturated carbocycles. The zero-order valence-corrected chi connectivity index (χ0v) is 7.23. The van der Waals surface area contributed by atoms with E-state index >= 15 is 0 Å². The fraction of sp³-hybridized carbons (Fsp3) is 0.222. The van der Waals surface area contributed by atoms with Gasteiger partial charge < -0.3 is 4.74 Å². The number of hydrogen-bond acceptors (Lipinski definition) is 2. The minimum absolute atomic E-state index is 0.158. The Balaban J connectivity index is 3.23. The summed E-state index contributed by atoms with van der Waals surface area (Å²) < 4.78 is 30.1. The molecule has 0 aliphatic rings. The van der Waals surface area contributed by atoms with E-state index in [4.69, 9.17) is 0 Å². The SMILES string of the molecule is COC(=O)c1cc(F)c(C)cc1F. The molecular formula is C9H8F2O2. The number of methoxy groups -OCH3 is 1. The summed E-state index contributed by atoms with van der Waals surface area (Å²) in [5.74, 6) is -2.27. The van der Waals surface area contributed by atoms with Crippen LogP contribution in [0.4, 0.5) is 8.78 Å². The molecule has 0 unspecified atom stereocenters. The Bertz CT molecular complexity index is 348. The third kappa shape index (κ3) is 1.83. The number of ether oxygens (including phenoxy) is 1. The van der Waals surface area contributed by atoms with Crippen LogP contribution in [0.3, 0.4) is 0 Å². The highest BCUT2D eigenvalue weighted by atomic mass is 19.1. The molecular weight excluding hydrogens is 178 g/mol. The molecule has 0 amide bonds. The van der Waals surface area contributed by atoms with Gasteiger partial charge in [0.25, 0.3) is 0 Å². The van der Waals surface area contributed by atoms with Crippen molar-refractivity contribution in [1.29, 1.82) is 0 Å². The fourth-order valence-electron chi connectivity index (χ4n) is 0.913. The van der Waals surface area contributed by atoms with Crippen LogP contribution in [0.2, 0.25) is 0 Å². The predicted octanol–water partition coefficient (Wildman–Crippen LogP) is 2.06. The Morgan fingerprint density at radius 1 is 1.31 bits per heavy atom. The second-order valence-electron chi connectivity index (χ2n) is 2.57. The summed E-state index contributed by atoms with van der Waals surface area (Å²) in [7, 11) is 1.11. The number of halogens is 2. The summed E-state index contributed by atoms with van der Waals surface area (Å²) in [6, 6.07) is 1.79. The lowest BCUT2D eigenvalue weighted by Crippen LogP contribution is -2.05. The normalized spacial score (nSPS) is 9.85. The van der Waals surface area contributed by atoms with Gasteiger partial charge in [-0.15, -0.1) is 0 Å². The van der Waals surface area contributed by atoms with Crippen LogP contribution in [0.1, 0.15) is 15.9 Å². The second-order valence-corrected chi connectivity index (χ2v) is 2.57. The number of benzene rings is 1. The van der Waals surface area contributed by atoms with Gasteiger partial charge in [0, 0.05) is 0 Å². The largest absolute Gasteiger partial charge is 0.465 e. The van der Waals surface area contributed by atoms with Crippen molar-refractivity contribution < 1.29 is 18.3 Å². The fourth-order valence-corrected chi connectivity index (χ4v) is 0.913. The molecule has 0 atom stereocenters. The molecule has 0 fully saturated rings. The lowest BCUT2D eigenvalue weighted by atomic mass is 10.1. The van der Waals surface area contributed by atoms with Crippen molar-refractivity contribution in [2.45, 2.75) is 6.92 Å². The molecule has 4 heteroatoms. The standard InChI is InChI=1S/C9H8F2O2/c1-5-3-8(11)6(4-7(5)10)9(12)13-2/h3-4H,1-2H3. The predicted molar refractivity (Wildman–Crippen MR) is 42.4 cm³/mol. The quantitative estimate of drug-likeness (QED) is 0.627. The van der Waals surface area contributed by atoms with Crippen LogP contribution < -0.4 is 0 Å². The van der Waals surface area contributed by atoms with Gasteiger partial charge in [0.1, 0.15) is 11.6 Å². The minimum Gasteiger partial charge on any atom is -0.465 e. The lowest BCUT2D eigenvalue weighted by molar-refractivity contribution is 0.0595. The molecule has 0 spiro atoms. The molecule has 0 saturated heterocycles.